The van der Waals surface area contributed by atoms with E-state index in [0.29, 0.717) is 11.6 Å². The lowest BCUT2D eigenvalue weighted by atomic mass is 10.1. The molecule has 2 amide bonds. The third-order valence-corrected chi connectivity index (χ3v) is 3.70. The first-order valence-corrected chi connectivity index (χ1v) is 7.36. The summed E-state index contributed by atoms with van der Waals surface area (Å²) in [7, 11) is 0. The van der Waals surface area contributed by atoms with Crippen molar-refractivity contribution in [2.75, 3.05) is 23.7 Å². The van der Waals surface area contributed by atoms with Crippen molar-refractivity contribution in [3.63, 3.8) is 0 Å². The summed E-state index contributed by atoms with van der Waals surface area (Å²) in [5.74, 6) is -0.354. The molecule has 0 bridgehead atoms. The maximum atomic E-state index is 12.2. The van der Waals surface area contributed by atoms with Gasteiger partial charge in [-0.05, 0) is 38.0 Å². The monoisotopic (exact) mass is 288 g/mol. The minimum atomic E-state index is -0.528. The van der Waals surface area contributed by atoms with Gasteiger partial charge in [0.25, 0.3) is 5.91 Å². The van der Waals surface area contributed by atoms with Gasteiger partial charge in [-0.3, -0.25) is 9.59 Å². The van der Waals surface area contributed by atoms with E-state index >= 15 is 0 Å². The normalized spacial score (nSPS) is 17.8. The van der Waals surface area contributed by atoms with Gasteiger partial charge in [-0.2, -0.15) is 0 Å². The van der Waals surface area contributed by atoms with E-state index in [-0.39, 0.29) is 11.8 Å². The third kappa shape index (κ3) is 3.26. The van der Waals surface area contributed by atoms with Gasteiger partial charge in [0, 0.05) is 24.7 Å². The van der Waals surface area contributed by atoms with E-state index < -0.39 is 6.04 Å². The van der Waals surface area contributed by atoms with Gasteiger partial charge in [-0.1, -0.05) is 0 Å². The Kier molecular flexibility index (Phi) is 3.68. The summed E-state index contributed by atoms with van der Waals surface area (Å²) in [5, 5.41) is 12.1. The van der Waals surface area contributed by atoms with Gasteiger partial charge in [-0.25, -0.2) is 0 Å². The van der Waals surface area contributed by atoms with Crippen LogP contribution in [0.15, 0.2) is 18.2 Å². The zero-order chi connectivity index (χ0) is 14.8. The fourth-order valence-corrected chi connectivity index (χ4v) is 2.28. The zero-order valence-corrected chi connectivity index (χ0v) is 12.0. The molecule has 1 heterocycles. The number of hydrogen-bond acceptors (Lipinski definition) is 4. The molecule has 0 aromatic heterocycles. The van der Waals surface area contributed by atoms with Crippen LogP contribution in [0.5, 0.6) is 0 Å². The van der Waals surface area contributed by atoms with Gasteiger partial charge in [-0.15, -0.1) is 0 Å². The molecule has 1 aliphatic carbocycles. The van der Waals surface area contributed by atoms with Crippen LogP contribution in [-0.2, 0) is 4.79 Å². The standard InChI is InChI=1S/C15H20N4O2/c1-9(14(20)19-11-3-4-11)18-15(21)10-2-5-12-13(8-10)17-7-6-16-12/h2,5,8-9,11,16-17H,3-4,6-7H2,1H3,(H,18,21)(H,19,20). The predicted octanol–water partition coefficient (Wildman–Crippen LogP) is 0.921. The highest BCUT2D eigenvalue weighted by atomic mass is 16.2. The Morgan fingerprint density at radius 1 is 1.19 bits per heavy atom. The summed E-state index contributed by atoms with van der Waals surface area (Å²) in [5.41, 5.74) is 2.47. The number of carbonyl (C=O) groups is 2. The Morgan fingerprint density at radius 2 is 1.90 bits per heavy atom. The van der Waals surface area contributed by atoms with E-state index in [4.69, 9.17) is 0 Å². The maximum Gasteiger partial charge on any atom is 0.251 e. The molecule has 1 atom stereocenters. The zero-order valence-electron chi connectivity index (χ0n) is 12.0. The molecule has 0 saturated heterocycles. The number of benzene rings is 1. The Balaban J connectivity index is 1.62. The lowest BCUT2D eigenvalue weighted by Gasteiger charge is -2.21. The largest absolute Gasteiger partial charge is 0.382 e. The van der Waals surface area contributed by atoms with Crippen molar-refractivity contribution >= 4 is 23.2 Å². The third-order valence-electron chi connectivity index (χ3n) is 3.70. The van der Waals surface area contributed by atoms with E-state index in [0.717, 1.165) is 37.3 Å². The first-order chi connectivity index (χ1) is 10.1. The van der Waals surface area contributed by atoms with Gasteiger partial charge in [0.2, 0.25) is 5.91 Å². The quantitative estimate of drug-likeness (QED) is 0.664. The minimum Gasteiger partial charge on any atom is -0.382 e. The second-order valence-electron chi connectivity index (χ2n) is 5.59. The molecular weight excluding hydrogens is 268 g/mol. The number of carbonyl (C=O) groups excluding carboxylic acids is 2. The van der Waals surface area contributed by atoms with Crippen molar-refractivity contribution in [3.8, 4) is 0 Å². The van der Waals surface area contributed by atoms with E-state index in [1.54, 1.807) is 13.0 Å². The number of hydrogen-bond donors (Lipinski definition) is 4. The van der Waals surface area contributed by atoms with Crippen molar-refractivity contribution < 1.29 is 9.59 Å². The molecule has 21 heavy (non-hydrogen) atoms. The highest BCUT2D eigenvalue weighted by Crippen LogP contribution is 2.25. The fraction of sp³-hybridized carbons (Fsp3) is 0.467. The topological polar surface area (TPSA) is 82.3 Å². The Labute approximate surface area is 123 Å². The molecule has 1 fully saturated rings. The van der Waals surface area contributed by atoms with Crippen LogP contribution < -0.4 is 21.3 Å². The Hall–Kier alpha value is -2.24. The molecule has 2 aliphatic rings. The SMILES string of the molecule is CC(NC(=O)c1ccc2c(c1)NCCN2)C(=O)NC1CC1. The van der Waals surface area contributed by atoms with Gasteiger partial charge >= 0.3 is 0 Å². The van der Waals surface area contributed by atoms with Crippen molar-refractivity contribution in [2.24, 2.45) is 0 Å². The molecule has 3 rings (SSSR count). The van der Waals surface area contributed by atoms with Crippen LogP contribution in [0.1, 0.15) is 30.1 Å². The van der Waals surface area contributed by atoms with Crippen LogP contribution in [0, 0.1) is 0 Å². The van der Waals surface area contributed by atoms with Crippen LogP contribution >= 0.6 is 0 Å². The Bertz CT molecular complexity index is 569. The molecule has 6 nitrogen and oxygen atoms in total. The van der Waals surface area contributed by atoms with Gasteiger partial charge in [0.15, 0.2) is 0 Å². The summed E-state index contributed by atoms with van der Waals surface area (Å²) < 4.78 is 0. The summed E-state index contributed by atoms with van der Waals surface area (Å²) >= 11 is 0. The smallest absolute Gasteiger partial charge is 0.251 e. The molecule has 1 aliphatic heterocycles. The lowest BCUT2D eigenvalue weighted by Crippen LogP contribution is -2.45. The molecule has 1 aromatic rings. The van der Waals surface area contributed by atoms with Crippen molar-refractivity contribution in [3.05, 3.63) is 23.8 Å². The summed E-state index contributed by atoms with van der Waals surface area (Å²) in [6.07, 6.45) is 2.08. The second kappa shape index (κ2) is 5.63. The molecule has 4 N–H and O–H groups in total. The van der Waals surface area contributed by atoms with E-state index in [1.165, 1.54) is 0 Å². The highest BCUT2D eigenvalue weighted by molar-refractivity contribution is 5.99. The van der Waals surface area contributed by atoms with Crippen molar-refractivity contribution in [2.45, 2.75) is 31.8 Å². The van der Waals surface area contributed by atoms with Gasteiger partial charge in [0.05, 0.1) is 11.4 Å². The van der Waals surface area contributed by atoms with E-state index in [2.05, 4.69) is 21.3 Å². The number of fused-ring (bicyclic) bond motifs is 1. The molecule has 0 radical (unpaired) electrons. The second-order valence-corrected chi connectivity index (χ2v) is 5.59. The summed E-state index contributed by atoms with van der Waals surface area (Å²) in [6, 6.07) is 5.23. The van der Waals surface area contributed by atoms with E-state index in [9.17, 15) is 9.59 Å². The average molecular weight is 288 g/mol. The number of nitrogens with one attached hydrogen (secondary N) is 4. The molecule has 6 heteroatoms. The average Bonchev–Trinajstić information content (AvgIpc) is 3.30. The van der Waals surface area contributed by atoms with Crippen LogP contribution in [0.25, 0.3) is 0 Å². The van der Waals surface area contributed by atoms with Crippen LogP contribution in [0.3, 0.4) is 0 Å². The van der Waals surface area contributed by atoms with Gasteiger partial charge in [0.1, 0.15) is 6.04 Å². The van der Waals surface area contributed by atoms with E-state index in [1.807, 2.05) is 12.1 Å². The Morgan fingerprint density at radius 3 is 2.62 bits per heavy atom. The predicted molar refractivity (Wildman–Crippen MR) is 81.5 cm³/mol. The number of rotatable bonds is 4. The number of anilines is 2. The summed E-state index contributed by atoms with van der Waals surface area (Å²) in [6.45, 7) is 3.41. The molecule has 112 valence electrons. The highest BCUT2D eigenvalue weighted by Gasteiger charge is 2.26. The van der Waals surface area contributed by atoms with Gasteiger partial charge < -0.3 is 21.3 Å². The molecule has 0 spiro atoms. The molecule has 1 aromatic carbocycles. The lowest BCUT2D eigenvalue weighted by molar-refractivity contribution is -0.122. The van der Waals surface area contributed by atoms with Crippen LogP contribution in [0.2, 0.25) is 0 Å². The van der Waals surface area contributed by atoms with Crippen LogP contribution in [0.4, 0.5) is 11.4 Å². The van der Waals surface area contributed by atoms with Crippen molar-refractivity contribution in [1.29, 1.82) is 0 Å². The van der Waals surface area contributed by atoms with Crippen LogP contribution in [-0.4, -0.2) is 37.0 Å². The maximum absolute atomic E-state index is 12.2. The molecule has 1 unspecified atom stereocenters. The fourth-order valence-electron chi connectivity index (χ4n) is 2.28. The minimum absolute atomic E-state index is 0.122. The molecular formula is C15H20N4O2. The van der Waals surface area contributed by atoms with Crippen molar-refractivity contribution in [1.82, 2.24) is 10.6 Å². The molecule has 1 saturated carbocycles. The number of amides is 2. The first kappa shape index (κ1) is 13.7. The summed E-state index contributed by atoms with van der Waals surface area (Å²) in [4.78, 5) is 24.1. The first-order valence-electron chi connectivity index (χ1n) is 7.36.